The Morgan fingerprint density at radius 1 is 0.229 bits per heavy atom. The first-order valence-electron chi connectivity index (χ1n) is 24.0. The van der Waals surface area contributed by atoms with E-state index in [0.29, 0.717) is 0 Å². The van der Waals surface area contributed by atoms with Gasteiger partial charge in [0, 0.05) is 61.0 Å². The Kier molecular flexibility index (Phi) is 8.29. The number of pyridine rings is 1. The molecule has 326 valence electrons. The van der Waals surface area contributed by atoms with Crippen LogP contribution in [0.4, 0.5) is 0 Å². The van der Waals surface area contributed by atoms with Crippen LogP contribution in [-0.2, 0) is 0 Å². The molecular formula is C65H41N5. The zero-order valence-electron chi connectivity index (χ0n) is 37.9. The van der Waals surface area contributed by atoms with Crippen LogP contribution < -0.4 is 0 Å². The van der Waals surface area contributed by atoms with Crippen molar-refractivity contribution in [1.82, 2.24) is 23.3 Å². The summed E-state index contributed by atoms with van der Waals surface area (Å²) in [7, 11) is 0. The van der Waals surface area contributed by atoms with Gasteiger partial charge in [-0.15, -0.1) is 0 Å². The van der Waals surface area contributed by atoms with Gasteiger partial charge in [-0.25, -0.2) is 0 Å². The van der Waals surface area contributed by atoms with Crippen LogP contribution in [0.3, 0.4) is 0 Å². The van der Waals surface area contributed by atoms with E-state index in [0.717, 1.165) is 88.3 Å². The quantitative estimate of drug-likeness (QED) is 0.162. The van der Waals surface area contributed by atoms with Crippen molar-refractivity contribution in [3.05, 3.63) is 249 Å². The zero-order chi connectivity index (χ0) is 45.9. The standard InChI is InChI=1S/C65H41N5/c1-3-19-42(20-4-1)67-59-33-15-16-34-60(59)68(43-21-5-2-6-22-43)63-41-54-52(40-62(63)67)45-23-7-8-27-49(45)64-50(51-29-18-38-66-65(51)54)28-17-35-61(64)70-57-32-14-11-26-48(57)53-39-44(36-37-58(53)70)69-55-30-12-9-24-46(55)47-25-10-13-31-56(47)69/h1-41H. The highest BCUT2D eigenvalue weighted by Gasteiger charge is 2.21. The molecule has 0 bridgehead atoms. The summed E-state index contributed by atoms with van der Waals surface area (Å²) in [4.78, 5) is 5.33. The predicted octanol–water partition coefficient (Wildman–Crippen LogP) is 16.9. The third-order valence-corrected chi connectivity index (χ3v) is 14.6. The molecule has 0 N–H and O–H groups in total. The van der Waals surface area contributed by atoms with Crippen LogP contribution in [0.15, 0.2) is 249 Å². The molecule has 15 rings (SSSR count). The van der Waals surface area contributed by atoms with Gasteiger partial charge in [0.2, 0.25) is 0 Å². The number of fused-ring (bicyclic) bond motifs is 16. The van der Waals surface area contributed by atoms with E-state index >= 15 is 0 Å². The molecule has 0 aliphatic carbocycles. The maximum absolute atomic E-state index is 5.33. The summed E-state index contributed by atoms with van der Waals surface area (Å²) < 4.78 is 9.75. The van der Waals surface area contributed by atoms with Crippen LogP contribution in [0.2, 0.25) is 0 Å². The Bertz CT molecular complexity index is 4650. The minimum Gasteiger partial charge on any atom is -0.309 e. The number of nitrogens with zero attached hydrogens (tertiary/aromatic N) is 5. The minimum atomic E-state index is 0.948. The normalized spacial score (nSPS) is 12.0. The molecule has 4 aromatic heterocycles. The molecule has 15 aromatic rings. The maximum atomic E-state index is 5.33. The fourth-order valence-electron chi connectivity index (χ4n) is 11.7. The number of para-hydroxylation sites is 7. The molecule has 0 saturated heterocycles. The highest BCUT2D eigenvalue weighted by atomic mass is 15.1. The first-order valence-corrected chi connectivity index (χ1v) is 24.0. The van der Waals surface area contributed by atoms with Crippen molar-refractivity contribution in [1.29, 1.82) is 0 Å². The Labute approximate surface area is 401 Å². The van der Waals surface area contributed by atoms with E-state index in [1.807, 2.05) is 6.20 Å². The Morgan fingerprint density at radius 3 is 1.30 bits per heavy atom. The lowest BCUT2D eigenvalue weighted by Crippen LogP contribution is -2.08. The lowest BCUT2D eigenvalue weighted by atomic mass is 9.94. The van der Waals surface area contributed by atoms with Gasteiger partial charge in [-0.2, -0.15) is 0 Å². The molecule has 11 aromatic carbocycles. The van der Waals surface area contributed by atoms with E-state index < -0.39 is 0 Å². The third kappa shape index (κ3) is 5.51. The van der Waals surface area contributed by atoms with Gasteiger partial charge in [-0.05, 0) is 119 Å². The fourth-order valence-corrected chi connectivity index (χ4v) is 11.7. The first kappa shape index (κ1) is 38.6. The Morgan fingerprint density at radius 2 is 0.671 bits per heavy atom. The first-order chi connectivity index (χ1) is 34.8. The minimum absolute atomic E-state index is 0.948. The van der Waals surface area contributed by atoms with Crippen molar-refractivity contribution in [3.63, 3.8) is 0 Å². The van der Waals surface area contributed by atoms with Gasteiger partial charge >= 0.3 is 0 Å². The summed E-state index contributed by atoms with van der Waals surface area (Å²) in [5, 5.41) is 12.8. The number of hydrogen-bond acceptors (Lipinski definition) is 1. The second-order valence-corrected chi connectivity index (χ2v) is 18.3. The van der Waals surface area contributed by atoms with Crippen LogP contribution in [0.25, 0.3) is 132 Å². The van der Waals surface area contributed by atoms with Gasteiger partial charge in [-0.3, -0.25) is 4.98 Å². The van der Waals surface area contributed by atoms with Crippen molar-refractivity contribution in [2.75, 3.05) is 0 Å². The van der Waals surface area contributed by atoms with Crippen molar-refractivity contribution < 1.29 is 0 Å². The van der Waals surface area contributed by atoms with Crippen LogP contribution in [-0.4, -0.2) is 23.3 Å². The molecule has 0 aliphatic rings. The molecule has 0 radical (unpaired) electrons. The van der Waals surface area contributed by atoms with E-state index in [1.165, 1.54) is 43.4 Å². The topological polar surface area (TPSA) is 32.6 Å². The summed E-state index contributed by atoms with van der Waals surface area (Å²) in [6.45, 7) is 0. The molecule has 0 aliphatic heterocycles. The number of rotatable bonds is 4. The van der Waals surface area contributed by atoms with Crippen LogP contribution >= 0.6 is 0 Å². The van der Waals surface area contributed by atoms with Gasteiger partial charge in [0.15, 0.2) is 0 Å². The van der Waals surface area contributed by atoms with Gasteiger partial charge in [0.1, 0.15) is 0 Å². The Balaban J connectivity index is 1.10. The second-order valence-electron chi connectivity index (χ2n) is 18.3. The molecule has 0 amide bonds. The van der Waals surface area contributed by atoms with E-state index in [2.05, 4.69) is 261 Å². The molecule has 0 atom stereocenters. The van der Waals surface area contributed by atoms with Crippen molar-refractivity contribution >= 4 is 109 Å². The highest BCUT2D eigenvalue weighted by molar-refractivity contribution is 6.28. The molecule has 4 heterocycles. The van der Waals surface area contributed by atoms with E-state index in [4.69, 9.17) is 4.98 Å². The highest BCUT2D eigenvalue weighted by Crippen LogP contribution is 2.43. The van der Waals surface area contributed by atoms with Crippen molar-refractivity contribution in [2.45, 2.75) is 0 Å². The van der Waals surface area contributed by atoms with E-state index in [-0.39, 0.29) is 0 Å². The molecule has 70 heavy (non-hydrogen) atoms. The summed E-state index contributed by atoms with van der Waals surface area (Å²) in [5.74, 6) is 0. The van der Waals surface area contributed by atoms with Gasteiger partial charge in [0.25, 0.3) is 0 Å². The monoisotopic (exact) mass is 891 g/mol. The number of hydrogen-bond donors (Lipinski definition) is 0. The van der Waals surface area contributed by atoms with Crippen LogP contribution in [0.5, 0.6) is 0 Å². The molecule has 5 heteroatoms. The summed E-state index contributed by atoms with van der Waals surface area (Å²) >= 11 is 0. The predicted molar refractivity (Wildman–Crippen MR) is 294 cm³/mol. The van der Waals surface area contributed by atoms with Crippen LogP contribution in [0, 0.1) is 0 Å². The lowest BCUT2D eigenvalue weighted by molar-refractivity contribution is 1.09. The summed E-state index contributed by atoms with van der Waals surface area (Å²) in [6.07, 6.45) is 1.95. The molecule has 0 saturated carbocycles. The zero-order valence-corrected chi connectivity index (χ0v) is 37.9. The third-order valence-electron chi connectivity index (χ3n) is 14.6. The molecule has 0 unspecified atom stereocenters. The average molecular weight is 892 g/mol. The SMILES string of the molecule is c1ccc(-n2c3ccccc3n(-c3ccccc3)c3cc4c(cc32)c2ccccc2c2c(-n3c5ccccc5c5cc(-n6c7ccccc7c7ccccc76)ccc53)cccc2c2cccnc42)cc1. The molecular weight excluding hydrogens is 851 g/mol. The molecule has 0 spiro atoms. The summed E-state index contributed by atoms with van der Waals surface area (Å²) in [5.41, 5.74) is 14.5. The number of benzene rings is 10. The van der Waals surface area contributed by atoms with Crippen molar-refractivity contribution in [3.8, 4) is 22.7 Å². The lowest BCUT2D eigenvalue weighted by Gasteiger charge is -2.23. The van der Waals surface area contributed by atoms with Crippen LogP contribution in [0.1, 0.15) is 0 Å². The average Bonchev–Trinajstić information content (AvgIpc) is 3.94. The summed E-state index contributed by atoms with van der Waals surface area (Å²) in [6, 6.07) is 88.6. The Hall–Kier alpha value is -9.45. The van der Waals surface area contributed by atoms with Gasteiger partial charge in [0.05, 0.1) is 55.3 Å². The largest absolute Gasteiger partial charge is 0.309 e. The van der Waals surface area contributed by atoms with Gasteiger partial charge in [-0.1, -0.05) is 146 Å². The van der Waals surface area contributed by atoms with Crippen molar-refractivity contribution in [2.24, 2.45) is 0 Å². The second kappa shape index (κ2) is 15.0. The fraction of sp³-hybridized carbons (Fsp3) is 0. The van der Waals surface area contributed by atoms with E-state index in [9.17, 15) is 0 Å². The van der Waals surface area contributed by atoms with E-state index in [1.54, 1.807) is 0 Å². The molecule has 5 nitrogen and oxygen atoms in total. The number of aromatic nitrogens is 5. The smallest absolute Gasteiger partial charge is 0.0787 e. The molecule has 0 fully saturated rings. The maximum Gasteiger partial charge on any atom is 0.0787 e. The van der Waals surface area contributed by atoms with Gasteiger partial charge < -0.3 is 18.3 Å².